The molecular formula is C26H36N3O6+. The molecule has 1 aliphatic carbocycles. The quantitative estimate of drug-likeness (QED) is 0.333. The maximum Gasteiger partial charge on any atom is 0.332 e. The van der Waals surface area contributed by atoms with E-state index in [9.17, 15) is 19.5 Å². The Morgan fingerprint density at radius 1 is 1.20 bits per heavy atom. The number of carboxylic acid groups (broad SMARTS) is 1. The molecule has 0 radical (unpaired) electrons. The van der Waals surface area contributed by atoms with Crippen molar-refractivity contribution in [3.8, 4) is 5.69 Å². The van der Waals surface area contributed by atoms with Gasteiger partial charge in [-0.1, -0.05) is 31.0 Å². The maximum absolute atomic E-state index is 13.6. The van der Waals surface area contributed by atoms with Crippen molar-refractivity contribution < 1.29 is 33.5 Å². The summed E-state index contributed by atoms with van der Waals surface area (Å²) >= 11 is 0. The largest absolute Gasteiger partial charge is 0.481 e. The number of methoxy groups -OCH3 is 1. The van der Waals surface area contributed by atoms with Gasteiger partial charge in [0.05, 0.1) is 17.9 Å². The van der Waals surface area contributed by atoms with Gasteiger partial charge in [-0.2, -0.15) is 0 Å². The van der Waals surface area contributed by atoms with Gasteiger partial charge in [0, 0.05) is 13.7 Å². The summed E-state index contributed by atoms with van der Waals surface area (Å²) in [5.74, 6) is -2.40. The van der Waals surface area contributed by atoms with Gasteiger partial charge in [-0.05, 0) is 44.7 Å². The molecule has 1 fully saturated rings. The number of hydrogen-bond donors (Lipinski definition) is 2. The van der Waals surface area contributed by atoms with Gasteiger partial charge in [-0.3, -0.25) is 9.59 Å². The van der Waals surface area contributed by atoms with E-state index in [1.54, 1.807) is 6.92 Å². The first-order chi connectivity index (χ1) is 16.9. The Hall–Kier alpha value is -3.20. The van der Waals surface area contributed by atoms with Crippen LogP contribution in [0.25, 0.3) is 5.69 Å². The van der Waals surface area contributed by atoms with Gasteiger partial charge in [0.15, 0.2) is 6.04 Å². The summed E-state index contributed by atoms with van der Waals surface area (Å²) in [6, 6.07) is 8.89. The van der Waals surface area contributed by atoms with Crippen molar-refractivity contribution >= 4 is 17.8 Å². The molecule has 2 aromatic rings. The van der Waals surface area contributed by atoms with E-state index in [4.69, 9.17) is 9.47 Å². The number of carbonyl (C=O) groups excluding carboxylic acids is 2. The van der Waals surface area contributed by atoms with Crippen molar-refractivity contribution in [2.24, 2.45) is 11.3 Å². The molecule has 0 bridgehead atoms. The van der Waals surface area contributed by atoms with E-state index < -0.39 is 29.3 Å². The summed E-state index contributed by atoms with van der Waals surface area (Å²) in [6.45, 7) is 2.44. The predicted octanol–water partition coefficient (Wildman–Crippen LogP) is 2.50. The number of ether oxygens (including phenoxy) is 2. The number of amides is 1. The number of para-hydroxylation sites is 1. The topological polar surface area (TPSA) is 111 Å². The van der Waals surface area contributed by atoms with Crippen molar-refractivity contribution in [2.45, 2.75) is 58.0 Å². The lowest BCUT2D eigenvalue weighted by Crippen LogP contribution is -2.55. The van der Waals surface area contributed by atoms with E-state index in [2.05, 4.69) is 5.32 Å². The summed E-state index contributed by atoms with van der Waals surface area (Å²) in [5, 5.41) is 12.6. The molecule has 0 saturated heterocycles. The number of nitrogens with zero attached hydrogens (tertiary/aromatic N) is 2. The molecule has 3 rings (SSSR count). The van der Waals surface area contributed by atoms with Gasteiger partial charge in [-0.15, -0.1) is 0 Å². The highest BCUT2D eigenvalue weighted by atomic mass is 16.5. The number of esters is 1. The van der Waals surface area contributed by atoms with Crippen molar-refractivity contribution in [1.29, 1.82) is 0 Å². The zero-order valence-electron chi connectivity index (χ0n) is 20.5. The van der Waals surface area contributed by atoms with Crippen LogP contribution < -0.4 is 9.88 Å². The van der Waals surface area contributed by atoms with E-state index in [-0.39, 0.29) is 25.5 Å². The smallest absolute Gasteiger partial charge is 0.332 e. The van der Waals surface area contributed by atoms with Gasteiger partial charge in [-0.25, -0.2) is 13.9 Å². The number of hydrogen-bond acceptors (Lipinski definition) is 5. The van der Waals surface area contributed by atoms with Crippen LogP contribution in [0.2, 0.25) is 0 Å². The van der Waals surface area contributed by atoms with Crippen LogP contribution in [0, 0.1) is 11.3 Å². The standard InChI is InChI=1S/C26H35N3O6/c1-3-35-24(32)22(18-28-14-15-29(19-28)21-9-5-4-6-10-21)27-25(33)26(12-7-8-13-26)17-20(23(30)31)11-16-34-2/h4-6,9-10,14-15,19-20,22H,3,7-8,11-13,16-18H2,1-2H3,(H-,27,30,31,33)/p+1/t20-,22+/m1/s1. The van der Waals surface area contributed by atoms with Gasteiger partial charge < -0.3 is 19.9 Å². The predicted molar refractivity (Wildman–Crippen MR) is 128 cm³/mol. The molecule has 0 aliphatic heterocycles. The van der Waals surface area contributed by atoms with Gasteiger partial charge in [0.25, 0.3) is 0 Å². The normalized spacial score (nSPS) is 16.4. The number of carbonyl (C=O) groups is 3. The summed E-state index contributed by atoms with van der Waals surface area (Å²) in [6.07, 6.45) is 9.03. The van der Waals surface area contributed by atoms with Crippen molar-refractivity contribution in [1.82, 2.24) is 9.88 Å². The van der Waals surface area contributed by atoms with Gasteiger partial charge in [0.1, 0.15) is 24.6 Å². The summed E-state index contributed by atoms with van der Waals surface area (Å²) < 4.78 is 14.1. The second-order valence-electron chi connectivity index (χ2n) is 9.14. The number of aliphatic carboxylic acids is 1. The van der Waals surface area contributed by atoms with Crippen LogP contribution in [0.1, 0.15) is 45.4 Å². The molecule has 35 heavy (non-hydrogen) atoms. The van der Waals surface area contributed by atoms with Gasteiger partial charge >= 0.3 is 11.9 Å². The van der Waals surface area contributed by atoms with E-state index in [1.165, 1.54) is 7.11 Å². The Kier molecular flexibility index (Phi) is 9.42. The second kappa shape index (κ2) is 12.5. The first kappa shape index (κ1) is 26.4. The van der Waals surface area contributed by atoms with E-state index >= 15 is 0 Å². The Labute approximate surface area is 206 Å². The zero-order valence-corrected chi connectivity index (χ0v) is 20.5. The molecule has 1 aromatic heterocycles. The van der Waals surface area contributed by atoms with Crippen LogP contribution in [0.15, 0.2) is 49.1 Å². The Morgan fingerprint density at radius 2 is 1.91 bits per heavy atom. The molecule has 2 N–H and O–H groups in total. The fourth-order valence-corrected chi connectivity index (χ4v) is 4.82. The van der Waals surface area contributed by atoms with Crippen molar-refractivity contribution in [3.63, 3.8) is 0 Å². The lowest BCUT2D eigenvalue weighted by Gasteiger charge is -2.31. The zero-order chi connectivity index (χ0) is 25.3. The Morgan fingerprint density at radius 3 is 2.54 bits per heavy atom. The molecule has 1 aromatic carbocycles. The highest BCUT2D eigenvalue weighted by molar-refractivity contribution is 5.88. The summed E-state index contributed by atoms with van der Waals surface area (Å²) in [7, 11) is 1.53. The fourth-order valence-electron chi connectivity index (χ4n) is 4.82. The number of nitrogens with one attached hydrogen (secondary N) is 1. The third-order valence-corrected chi connectivity index (χ3v) is 6.71. The number of rotatable bonds is 13. The highest BCUT2D eigenvalue weighted by Crippen LogP contribution is 2.44. The van der Waals surface area contributed by atoms with E-state index in [0.717, 1.165) is 18.5 Å². The van der Waals surface area contributed by atoms with Crippen LogP contribution in [-0.4, -0.2) is 53.9 Å². The SMILES string of the molecule is CCOC(=O)[C@H](C[n+]1ccn(-c2ccccc2)c1)NC(=O)C1(C[C@@H](CCOC)C(=O)O)CCCC1. The summed E-state index contributed by atoms with van der Waals surface area (Å²) in [5.41, 5.74) is 0.158. The van der Waals surface area contributed by atoms with Crippen LogP contribution in [0.4, 0.5) is 0 Å². The highest BCUT2D eigenvalue weighted by Gasteiger charge is 2.45. The lowest BCUT2D eigenvalue weighted by molar-refractivity contribution is -0.697. The minimum Gasteiger partial charge on any atom is -0.481 e. The monoisotopic (exact) mass is 486 g/mol. The first-order valence-corrected chi connectivity index (χ1v) is 12.2. The van der Waals surface area contributed by atoms with Crippen LogP contribution in [0.3, 0.4) is 0 Å². The number of imidazole rings is 1. The molecule has 1 amide bonds. The van der Waals surface area contributed by atoms with Crippen molar-refractivity contribution in [3.05, 3.63) is 49.1 Å². The third-order valence-electron chi connectivity index (χ3n) is 6.71. The number of aromatic nitrogens is 2. The van der Waals surface area contributed by atoms with Crippen molar-refractivity contribution in [2.75, 3.05) is 20.3 Å². The molecule has 0 spiro atoms. The Balaban J connectivity index is 1.77. The number of carboxylic acids is 1. The Bertz CT molecular complexity index is 984. The minimum absolute atomic E-state index is 0.199. The summed E-state index contributed by atoms with van der Waals surface area (Å²) in [4.78, 5) is 38.2. The van der Waals surface area contributed by atoms with Crippen LogP contribution >= 0.6 is 0 Å². The average molecular weight is 487 g/mol. The lowest BCUT2D eigenvalue weighted by atomic mass is 9.75. The molecule has 0 unspecified atom stereocenters. The second-order valence-corrected chi connectivity index (χ2v) is 9.14. The van der Waals surface area contributed by atoms with E-state index in [1.807, 2.05) is 58.2 Å². The molecule has 1 saturated carbocycles. The molecule has 190 valence electrons. The van der Waals surface area contributed by atoms with E-state index in [0.29, 0.717) is 25.9 Å². The molecule has 1 heterocycles. The molecule has 1 aliphatic rings. The fraction of sp³-hybridized carbons (Fsp3) is 0.538. The maximum atomic E-state index is 13.6. The third kappa shape index (κ3) is 6.91. The average Bonchev–Trinajstić information content (AvgIpc) is 3.52. The van der Waals surface area contributed by atoms with Crippen LogP contribution in [-0.2, 0) is 30.4 Å². The van der Waals surface area contributed by atoms with Gasteiger partial charge in [0.2, 0.25) is 12.2 Å². The molecule has 9 heteroatoms. The first-order valence-electron chi connectivity index (χ1n) is 12.2. The molecular weight excluding hydrogens is 450 g/mol. The minimum atomic E-state index is -0.930. The van der Waals surface area contributed by atoms with Crippen LogP contribution in [0.5, 0.6) is 0 Å². The molecule has 9 nitrogen and oxygen atoms in total. The number of benzene rings is 1. The molecule has 2 atom stereocenters.